The Hall–Kier alpha value is -0.370. The van der Waals surface area contributed by atoms with Crippen LogP contribution in [0.25, 0.3) is 0 Å². The van der Waals surface area contributed by atoms with Gasteiger partial charge in [0.2, 0.25) is 0 Å². The predicted molar refractivity (Wildman–Crippen MR) is 50.7 cm³/mol. The molecule has 1 aromatic heterocycles. The third-order valence-corrected chi connectivity index (χ3v) is 2.80. The van der Waals surface area contributed by atoms with Gasteiger partial charge in [-0.25, -0.2) is 0 Å². The minimum Gasteiger partial charge on any atom is -0.264 e. The summed E-state index contributed by atoms with van der Waals surface area (Å²) < 4.78 is 1.23. The quantitative estimate of drug-likeness (QED) is 0.737. The van der Waals surface area contributed by atoms with E-state index in [4.69, 9.17) is 0 Å². The first-order chi connectivity index (χ1) is 5.29. The second-order valence-corrected chi connectivity index (χ2v) is 3.27. The van der Waals surface area contributed by atoms with E-state index in [0.717, 1.165) is 12.8 Å². The summed E-state index contributed by atoms with van der Waals surface area (Å²) in [4.78, 5) is 4.16. The molecule has 0 aromatic carbocycles. The summed E-state index contributed by atoms with van der Waals surface area (Å²) in [6.07, 6.45) is 5.93. The average Bonchev–Trinajstić information content (AvgIpc) is 2.05. The third-order valence-electron chi connectivity index (χ3n) is 1.79. The van der Waals surface area contributed by atoms with E-state index < -0.39 is 0 Å². The molecule has 2 heteroatoms. The van der Waals surface area contributed by atoms with Crippen LogP contribution in [0.2, 0.25) is 0 Å². The molecule has 0 radical (unpaired) electrons. The van der Waals surface area contributed by atoms with Crippen LogP contribution in [0, 0.1) is 0 Å². The second kappa shape index (κ2) is 3.86. The van der Waals surface area contributed by atoms with Crippen molar-refractivity contribution in [3.8, 4) is 0 Å². The van der Waals surface area contributed by atoms with Gasteiger partial charge in [0.05, 0.1) is 0 Å². The molecule has 1 heterocycles. The van der Waals surface area contributed by atoms with Crippen LogP contribution >= 0.6 is 15.9 Å². The van der Waals surface area contributed by atoms with Crippen LogP contribution in [0.15, 0.2) is 16.9 Å². The lowest BCUT2D eigenvalue weighted by Crippen LogP contribution is -1.91. The number of aromatic nitrogens is 1. The largest absolute Gasteiger partial charge is 0.264 e. The van der Waals surface area contributed by atoms with E-state index in [9.17, 15) is 0 Å². The zero-order valence-corrected chi connectivity index (χ0v) is 8.48. The highest BCUT2D eigenvalue weighted by Crippen LogP contribution is 2.21. The number of hydrogen-bond acceptors (Lipinski definition) is 1. The van der Waals surface area contributed by atoms with Gasteiger partial charge < -0.3 is 0 Å². The van der Waals surface area contributed by atoms with Crippen LogP contribution in [-0.4, -0.2) is 4.98 Å². The van der Waals surface area contributed by atoms with Crippen LogP contribution in [0.1, 0.15) is 25.0 Å². The smallest absolute Gasteiger partial charge is 0.0311 e. The lowest BCUT2D eigenvalue weighted by molar-refractivity contribution is 1.03. The molecule has 0 atom stereocenters. The first-order valence-electron chi connectivity index (χ1n) is 3.90. The van der Waals surface area contributed by atoms with Crippen molar-refractivity contribution in [2.24, 2.45) is 0 Å². The predicted octanol–water partition coefficient (Wildman–Crippen LogP) is 2.97. The monoisotopic (exact) mass is 213 g/mol. The van der Waals surface area contributed by atoms with Crippen LogP contribution in [0.5, 0.6) is 0 Å². The van der Waals surface area contributed by atoms with E-state index in [1.807, 2.05) is 12.4 Å². The van der Waals surface area contributed by atoms with Gasteiger partial charge in [-0.05, 0) is 24.0 Å². The van der Waals surface area contributed by atoms with Gasteiger partial charge in [0.15, 0.2) is 0 Å². The summed E-state index contributed by atoms with van der Waals surface area (Å²) in [7, 11) is 0. The molecule has 1 aromatic rings. The Morgan fingerprint density at radius 3 is 2.00 bits per heavy atom. The standard InChI is InChI=1S/C9H12BrN/c1-3-7-5-11-6-8(4-2)9(7)10/h5-6H,3-4H2,1-2H3. The van der Waals surface area contributed by atoms with Gasteiger partial charge in [-0.2, -0.15) is 0 Å². The van der Waals surface area contributed by atoms with E-state index >= 15 is 0 Å². The van der Waals surface area contributed by atoms with E-state index in [1.54, 1.807) is 0 Å². The SMILES string of the molecule is CCc1cncc(CC)c1Br. The highest BCUT2D eigenvalue weighted by molar-refractivity contribution is 9.10. The van der Waals surface area contributed by atoms with Gasteiger partial charge in [-0.3, -0.25) is 4.98 Å². The molecule has 0 fully saturated rings. The molecule has 60 valence electrons. The van der Waals surface area contributed by atoms with Gasteiger partial charge in [0.25, 0.3) is 0 Å². The van der Waals surface area contributed by atoms with Crippen molar-refractivity contribution in [2.75, 3.05) is 0 Å². The lowest BCUT2D eigenvalue weighted by atomic mass is 10.1. The van der Waals surface area contributed by atoms with Crippen molar-refractivity contribution in [3.63, 3.8) is 0 Å². The highest BCUT2D eigenvalue weighted by atomic mass is 79.9. The number of rotatable bonds is 2. The topological polar surface area (TPSA) is 12.9 Å². The summed E-state index contributed by atoms with van der Waals surface area (Å²) in [5.74, 6) is 0. The molecular weight excluding hydrogens is 202 g/mol. The van der Waals surface area contributed by atoms with E-state index in [1.165, 1.54) is 15.6 Å². The first-order valence-corrected chi connectivity index (χ1v) is 4.70. The molecule has 0 saturated carbocycles. The van der Waals surface area contributed by atoms with Gasteiger partial charge in [0, 0.05) is 16.9 Å². The minimum atomic E-state index is 1.04. The molecule has 0 saturated heterocycles. The maximum absolute atomic E-state index is 4.16. The Morgan fingerprint density at radius 2 is 1.64 bits per heavy atom. The average molecular weight is 214 g/mol. The van der Waals surface area contributed by atoms with E-state index in [2.05, 4.69) is 34.8 Å². The number of halogens is 1. The maximum atomic E-state index is 4.16. The Labute approximate surface area is 76.0 Å². The van der Waals surface area contributed by atoms with Crippen molar-refractivity contribution < 1.29 is 0 Å². The van der Waals surface area contributed by atoms with Gasteiger partial charge in [-0.15, -0.1) is 0 Å². The highest BCUT2D eigenvalue weighted by Gasteiger charge is 2.01. The van der Waals surface area contributed by atoms with Crippen LogP contribution < -0.4 is 0 Å². The number of pyridine rings is 1. The van der Waals surface area contributed by atoms with Crippen molar-refractivity contribution in [1.82, 2.24) is 4.98 Å². The summed E-state index contributed by atoms with van der Waals surface area (Å²) in [6, 6.07) is 0. The number of aryl methyl sites for hydroxylation is 2. The second-order valence-electron chi connectivity index (χ2n) is 2.48. The van der Waals surface area contributed by atoms with E-state index in [0.29, 0.717) is 0 Å². The Balaban J connectivity index is 3.10. The molecule has 0 unspecified atom stereocenters. The first kappa shape index (κ1) is 8.72. The van der Waals surface area contributed by atoms with Crippen molar-refractivity contribution in [2.45, 2.75) is 26.7 Å². The molecular formula is C9H12BrN. The van der Waals surface area contributed by atoms with Crippen molar-refractivity contribution in [1.29, 1.82) is 0 Å². The molecule has 0 aliphatic heterocycles. The molecule has 0 bridgehead atoms. The molecule has 0 aliphatic rings. The molecule has 1 nitrogen and oxygen atoms in total. The molecule has 11 heavy (non-hydrogen) atoms. The fourth-order valence-electron chi connectivity index (χ4n) is 1.03. The van der Waals surface area contributed by atoms with Crippen LogP contribution in [-0.2, 0) is 12.8 Å². The van der Waals surface area contributed by atoms with Gasteiger partial charge >= 0.3 is 0 Å². The zero-order valence-electron chi connectivity index (χ0n) is 6.89. The maximum Gasteiger partial charge on any atom is 0.0311 e. The minimum absolute atomic E-state index is 1.04. The zero-order chi connectivity index (χ0) is 8.27. The summed E-state index contributed by atoms with van der Waals surface area (Å²) in [5.41, 5.74) is 2.59. The Kier molecular flexibility index (Phi) is 3.06. The van der Waals surface area contributed by atoms with Crippen molar-refractivity contribution >= 4 is 15.9 Å². The molecule has 0 N–H and O–H groups in total. The van der Waals surface area contributed by atoms with Gasteiger partial charge in [-0.1, -0.05) is 29.8 Å². The van der Waals surface area contributed by atoms with Gasteiger partial charge in [0.1, 0.15) is 0 Å². The van der Waals surface area contributed by atoms with Crippen LogP contribution in [0.4, 0.5) is 0 Å². The molecule has 0 amide bonds. The molecule has 0 aliphatic carbocycles. The summed E-state index contributed by atoms with van der Waals surface area (Å²) in [6.45, 7) is 4.28. The normalized spacial score (nSPS) is 10.1. The third kappa shape index (κ3) is 1.80. The fraction of sp³-hybridized carbons (Fsp3) is 0.444. The molecule has 1 rings (SSSR count). The van der Waals surface area contributed by atoms with Crippen molar-refractivity contribution in [3.05, 3.63) is 28.0 Å². The Bertz CT molecular complexity index is 223. The van der Waals surface area contributed by atoms with Crippen LogP contribution in [0.3, 0.4) is 0 Å². The molecule has 0 spiro atoms. The van der Waals surface area contributed by atoms with E-state index in [-0.39, 0.29) is 0 Å². The Morgan fingerprint density at radius 1 is 1.18 bits per heavy atom. The number of nitrogens with zero attached hydrogens (tertiary/aromatic N) is 1. The number of hydrogen-bond donors (Lipinski definition) is 0. The summed E-state index contributed by atoms with van der Waals surface area (Å²) in [5, 5.41) is 0. The summed E-state index contributed by atoms with van der Waals surface area (Å²) >= 11 is 3.56. The lowest BCUT2D eigenvalue weighted by Gasteiger charge is -2.04. The fourth-order valence-corrected chi connectivity index (χ4v) is 1.80.